The van der Waals surface area contributed by atoms with Crippen molar-refractivity contribution in [1.82, 2.24) is 4.90 Å². The first-order chi connectivity index (χ1) is 25.3. The van der Waals surface area contributed by atoms with E-state index in [2.05, 4.69) is 0 Å². The smallest absolute Gasteiger partial charge is 0.481 e. The molecule has 16 heteroatoms. The van der Waals surface area contributed by atoms with Crippen LogP contribution in [0.15, 0.2) is 29.8 Å². The Morgan fingerprint density at radius 2 is 1.65 bits per heavy atom. The molecule has 1 aromatic rings. The van der Waals surface area contributed by atoms with E-state index in [1.165, 1.54) is 19.0 Å². The molecule has 1 aromatic carbocycles. The molecule has 1 saturated heterocycles. The number of carbonyl (C=O) groups is 5. The van der Waals surface area contributed by atoms with Crippen molar-refractivity contribution >= 4 is 47.4 Å². The number of ether oxygens (including phenoxy) is 5. The number of benzene rings is 1. The average Bonchev–Trinajstić information content (AvgIpc) is 3.37. The number of halogens is 1. The number of esters is 2. The minimum absolute atomic E-state index is 0.221. The number of para-hydroxylation sites is 1. The lowest BCUT2D eigenvalue weighted by Gasteiger charge is -2.55. The van der Waals surface area contributed by atoms with Gasteiger partial charge < -0.3 is 33.9 Å². The largest absolute Gasteiger partial charge is 0.509 e. The van der Waals surface area contributed by atoms with Gasteiger partial charge in [-0.1, -0.05) is 43.7 Å². The fourth-order valence-electron chi connectivity index (χ4n) is 8.48. The number of likely N-dealkylation sites (tertiary alicyclic amines) is 1. The number of hydroxylamine groups is 1. The van der Waals surface area contributed by atoms with Crippen LogP contribution in [0.25, 0.3) is 0 Å². The molecule has 2 aliphatic carbocycles. The molecule has 1 amide bonds. The van der Waals surface area contributed by atoms with Crippen molar-refractivity contribution in [3.05, 3.63) is 40.4 Å². The molecule has 0 aromatic heterocycles. The van der Waals surface area contributed by atoms with Crippen molar-refractivity contribution in [3.8, 4) is 0 Å². The van der Waals surface area contributed by atoms with E-state index in [9.17, 15) is 34.2 Å². The highest BCUT2D eigenvalue weighted by Crippen LogP contribution is 2.56. The van der Waals surface area contributed by atoms with Crippen LogP contribution in [0.3, 0.4) is 0 Å². The fourth-order valence-corrected chi connectivity index (χ4v) is 8.78. The van der Waals surface area contributed by atoms with Gasteiger partial charge in [-0.2, -0.15) is 0 Å². The first kappa shape index (κ1) is 42.1. The first-order valence-electron chi connectivity index (χ1n) is 18.5. The molecule has 2 unspecified atom stereocenters. The molecule has 15 nitrogen and oxygen atoms in total. The number of amides is 1. The highest BCUT2D eigenvalue weighted by Gasteiger charge is 2.67. The summed E-state index contributed by atoms with van der Waals surface area (Å²) in [6.07, 6.45) is -4.36. The van der Waals surface area contributed by atoms with Gasteiger partial charge in [0.25, 0.3) is 0 Å². The summed E-state index contributed by atoms with van der Waals surface area (Å²) in [5, 5.41) is 24.3. The second kappa shape index (κ2) is 14.8. The van der Waals surface area contributed by atoms with Crippen LogP contribution in [-0.2, 0) is 48.5 Å². The van der Waals surface area contributed by atoms with Crippen LogP contribution in [0.1, 0.15) is 94.1 Å². The number of rotatable bonds is 6. The molecule has 1 saturated carbocycles. The van der Waals surface area contributed by atoms with Gasteiger partial charge in [0, 0.05) is 31.9 Å². The number of carboxylic acid groups (broad SMARTS) is 1. The zero-order chi connectivity index (χ0) is 41.2. The third kappa shape index (κ3) is 7.84. The summed E-state index contributed by atoms with van der Waals surface area (Å²) in [4.78, 5) is 74.8. The van der Waals surface area contributed by atoms with Gasteiger partial charge in [0.05, 0.1) is 16.6 Å². The molecule has 0 spiro atoms. The minimum Gasteiger partial charge on any atom is -0.481 e. The first-order valence-corrected chi connectivity index (χ1v) is 18.8. The summed E-state index contributed by atoms with van der Waals surface area (Å²) in [6, 6.07) is 3.25. The number of hydrogen-bond acceptors (Lipinski definition) is 13. The van der Waals surface area contributed by atoms with Crippen molar-refractivity contribution in [1.29, 1.82) is 0 Å². The second-order valence-corrected chi connectivity index (χ2v) is 17.5. The number of carboxylic acids is 1. The predicted octanol–water partition coefficient (Wildman–Crippen LogP) is 6.12. The summed E-state index contributed by atoms with van der Waals surface area (Å²) in [7, 11) is 1.54. The zero-order valence-electron chi connectivity index (χ0n) is 33.2. The van der Waals surface area contributed by atoms with E-state index in [0.717, 1.165) is 4.90 Å². The van der Waals surface area contributed by atoms with Gasteiger partial charge >= 0.3 is 30.2 Å². The molecular formula is C39H53ClN2O13. The SMILES string of the molecule is CC(=O)O[C@@H]1C(C)=CC2[C@H](C(C)C(=O)O)CC[C@@H](C)[C@@]2(O)[C@@H]1OC(=O)[C@@H]1C[C@@]2(OC(=O)OC(C)(C)C)c3cccc(Cl)c3N(C)O[C@H]2N1C(=O)OC(C)(C)C. The number of hydrogen-bond donors (Lipinski definition) is 2. The Kier molecular flexibility index (Phi) is 11.3. The van der Waals surface area contributed by atoms with Crippen LogP contribution in [-0.4, -0.2) is 93.6 Å². The fraction of sp³-hybridized carbons (Fsp3) is 0.667. The third-order valence-electron chi connectivity index (χ3n) is 10.9. The second-order valence-electron chi connectivity index (χ2n) is 17.1. The number of nitrogens with zero attached hydrogens (tertiary/aromatic N) is 2. The van der Waals surface area contributed by atoms with Gasteiger partial charge in [-0.15, -0.1) is 0 Å². The number of carbonyl (C=O) groups excluding carboxylic acids is 4. The Balaban J connectivity index is 1.66. The van der Waals surface area contributed by atoms with Crippen LogP contribution in [0, 0.1) is 23.7 Å². The van der Waals surface area contributed by atoms with E-state index in [1.54, 1.807) is 86.6 Å². The topological polar surface area (TPSA) is 188 Å². The highest BCUT2D eigenvalue weighted by molar-refractivity contribution is 6.33. The van der Waals surface area contributed by atoms with Crippen molar-refractivity contribution < 1.29 is 62.7 Å². The predicted molar refractivity (Wildman–Crippen MR) is 197 cm³/mol. The van der Waals surface area contributed by atoms with Gasteiger partial charge in [0.1, 0.15) is 22.8 Å². The molecule has 2 heterocycles. The molecule has 5 rings (SSSR count). The maximum Gasteiger partial charge on any atom is 0.509 e. The van der Waals surface area contributed by atoms with Crippen molar-refractivity contribution in [2.75, 3.05) is 12.1 Å². The average molecular weight is 793 g/mol. The maximum atomic E-state index is 14.9. The molecule has 0 bridgehead atoms. The molecule has 2 N–H and O–H groups in total. The normalized spacial score (nSPS) is 32.2. The Bertz CT molecular complexity index is 1750. The molecule has 55 heavy (non-hydrogen) atoms. The third-order valence-corrected chi connectivity index (χ3v) is 11.2. The molecule has 0 radical (unpaired) electrons. The number of anilines is 1. The number of aliphatic carboxylic acids is 1. The molecule has 4 aliphatic rings. The summed E-state index contributed by atoms with van der Waals surface area (Å²) in [5.41, 5.74) is -4.85. The van der Waals surface area contributed by atoms with Crippen molar-refractivity contribution in [3.63, 3.8) is 0 Å². The van der Waals surface area contributed by atoms with E-state index >= 15 is 0 Å². The Labute approximate surface area is 326 Å². The van der Waals surface area contributed by atoms with Gasteiger partial charge in [-0.3, -0.25) is 19.6 Å². The minimum atomic E-state index is -1.92. The van der Waals surface area contributed by atoms with Crippen LogP contribution in [0.2, 0.25) is 5.02 Å². The number of fused-ring (bicyclic) bond motifs is 4. The van der Waals surface area contributed by atoms with Crippen molar-refractivity contribution in [2.24, 2.45) is 23.7 Å². The van der Waals surface area contributed by atoms with Crippen LogP contribution in [0.4, 0.5) is 15.3 Å². The maximum absolute atomic E-state index is 14.9. The standard InChI is InChI=1S/C39H53ClN2O13/c1-19-17-25-23(21(3)31(44)45)16-15-20(2)39(25,49)30(29(19)50-22(4)43)51-32(46)27-18-38(54-35(48)53-37(8,9)10)24-13-12-14-26(40)28(24)41(11)55-33(38)42(27)34(47)52-36(5,6)7/h12-14,17,20-21,23,25,27,29-30,33,49H,15-16,18H2,1-11H3,(H,44,45)/t20-,21?,23+,25?,27+,29-,30-,33-,38-,39+/m1/s1. The van der Waals surface area contributed by atoms with Gasteiger partial charge in [-0.05, 0) is 84.8 Å². The van der Waals surface area contributed by atoms with E-state index in [4.69, 9.17) is 40.1 Å². The highest BCUT2D eigenvalue weighted by atomic mass is 35.5. The Morgan fingerprint density at radius 1 is 1.02 bits per heavy atom. The van der Waals surface area contributed by atoms with Crippen molar-refractivity contribution in [2.45, 2.75) is 135 Å². The number of aliphatic hydroxyl groups is 1. The molecular weight excluding hydrogens is 740 g/mol. The lowest BCUT2D eigenvalue weighted by Crippen LogP contribution is -2.66. The summed E-state index contributed by atoms with van der Waals surface area (Å²) in [6.45, 7) is 16.0. The molecule has 2 aliphatic heterocycles. The van der Waals surface area contributed by atoms with Gasteiger partial charge in [0.2, 0.25) is 6.23 Å². The van der Waals surface area contributed by atoms with Crippen LogP contribution in [0.5, 0.6) is 0 Å². The van der Waals surface area contributed by atoms with E-state index in [1.807, 2.05) is 0 Å². The van der Waals surface area contributed by atoms with Gasteiger partial charge in [-0.25, -0.2) is 19.2 Å². The Hall–Kier alpha value is -4.08. The van der Waals surface area contributed by atoms with Crippen LogP contribution < -0.4 is 5.06 Å². The zero-order valence-corrected chi connectivity index (χ0v) is 34.0. The lowest BCUT2D eigenvalue weighted by molar-refractivity contribution is -0.227. The van der Waals surface area contributed by atoms with Crippen LogP contribution >= 0.6 is 11.6 Å². The monoisotopic (exact) mass is 792 g/mol. The van der Waals surface area contributed by atoms with E-state index in [0.29, 0.717) is 29.7 Å². The Morgan fingerprint density at radius 3 is 2.24 bits per heavy atom. The summed E-state index contributed by atoms with van der Waals surface area (Å²) < 4.78 is 29.5. The van der Waals surface area contributed by atoms with E-state index < -0.39 is 107 Å². The quantitative estimate of drug-likeness (QED) is 0.190. The lowest BCUT2D eigenvalue weighted by atomic mass is 9.55. The summed E-state index contributed by atoms with van der Waals surface area (Å²) >= 11 is 6.66. The molecule has 2 fully saturated rings. The molecule has 10 atom stereocenters. The van der Waals surface area contributed by atoms with Gasteiger partial charge in [0.15, 0.2) is 17.8 Å². The van der Waals surface area contributed by atoms with E-state index in [-0.39, 0.29) is 5.02 Å². The molecule has 304 valence electrons. The summed E-state index contributed by atoms with van der Waals surface area (Å²) in [5.74, 6) is -5.63.